The zero-order valence-corrected chi connectivity index (χ0v) is 13.5. The maximum Gasteiger partial charge on any atom is 0.229 e. The van der Waals surface area contributed by atoms with E-state index in [4.69, 9.17) is 0 Å². The van der Waals surface area contributed by atoms with E-state index in [9.17, 15) is 14.0 Å². The predicted octanol–water partition coefficient (Wildman–Crippen LogP) is 3.38. The van der Waals surface area contributed by atoms with E-state index in [1.165, 1.54) is 22.6 Å². The molecule has 1 saturated heterocycles. The highest BCUT2D eigenvalue weighted by Gasteiger charge is 2.35. The number of rotatable bonds is 4. The lowest BCUT2D eigenvalue weighted by atomic mass is 10.1. The summed E-state index contributed by atoms with van der Waals surface area (Å²) in [5.41, 5.74) is 2.54. The molecule has 0 bridgehead atoms. The Kier molecular flexibility index (Phi) is 4.60. The van der Waals surface area contributed by atoms with Gasteiger partial charge in [0.1, 0.15) is 5.82 Å². The van der Waals surface area contributed by atoms with Crippen LogP contribution in [-0.4, -0.2) is 18.4 Å². The van der Waals surface area contributed by atoms with Gasteiger partial charge >= 0.3 is 0 Å². The number of halogens is 1. The molecule has 0 unspecified atom stereocenters. The maximum absolute atomic E-state index is 13.0. The summed E-state index contributed by atoms with van der Waals surface area (Å²) in [6, 6.07) is 13.4. The molecule has 1 aliphatic heterocycles. The van der Waals surface area contributed by atoms with Gasteiger partial charge in [0, 0.05) is 24.3 Å². The van der Waals surface area contributed by atoms with E-state index in [2.05, 4.69) is 12.2 Å². The second-order valence-electron chi connectivity index (χ2n) is 5.92. The summed E-state index contributed by atoms with van der Waals surface area (Å²) < 4.78 is 13.0. The Morgan fingerprint density at radius 2 is 1.83 bits per heavy atom. The Morgan fingerprint density at radius 3 is 2.46 bits per heavy atom. The first-order valence-corrected chi connectivity index (χ1v) is 8.02. The predicted molar refractivity (Wildman–Crippen MR) is 91.3 cm³/mol. The fourth-order valence-electron chi connectivity index (χ4n) is 2.82. The minimum Gasteiger partial charge on any atom is -0.326 e. The Labute approximate surface area is 140 Å². The van der Waals surface area contributed by atoms with Crippen molar-refractivity contribution in [1.82, 2.24) is 0 Å². The van der Waals surface area contributed by atoms with Crippen LogP contribution in [0.2, 0.25) is 0 Å². The number of nitrogens with zero attached hydrogens (tertiary/aromatic N) is 1. The molecule has 1 N–H and O–H groups in total. The van der Waals surface area contributed by atoms with Crippen LogP contribution >= 0.6 is 0 Å². The molecule has 4 nitrogen and oxygen atoms in total. The number of anilines is 2. The molecule has 2 aromatic carbocycles. The summed E-state index contributed by atoms with van der Waals surface area (Å²) in [5, 5.41) is 2.86. The van der Waals surface area contributed by atoms with Crippen molar-refractivity contribution in [1.29, 1.82) is 0 Å². The van der Waals surface area contributed by atoms with Crippen LogP contribution in [-0.2, 0) is 16.0 Å². The number of carbonyl (C=O) groups excluding carboxylic acids is 2. The summed E-state index contributed by atoms with van der Waals surface area (Å²) in [5.74, 6) is -1.05. The van der Waals surface area contributed by atoms with Gasteiger partial charge in [0.25, 0.3) is 0 Å². The Balaban J connectivity index is 1.66. The molecular weight excluding hydrogens is 307 g/mol. The molecule has 1 heterocycles. The monoisotopic (exact) mass is 326 g/mol. The summed E-state index contributed by atoms with van der Waals surface area (Å²) in [6.07, 6.45) is 1.11. The molecule has 124 valence electrons. The van der Waals surface area contributed by atoms with Crippen molar-refractivity contribution in [3.05, 3.63) is 59.9 Å². The third-order valence-electron chi connectivity index (χ3n) is 4.26. The van der Waals surface area contributed by atoms with Crippen LogP contribution < -0.4 is 10.2 Å². The van der Waals surface area contributed by atoms with Gasteiger partial charge in [-0.15, -0.1) is 0 Å². The maximum atomic E-state index is 13.0. The van der Waals surface area contributed by atoms with Crippen LogP contribution in [0.15, 0.2) is 48.5 Å². The average Bonchev–Trinajstić information content (AvgIpc) is 2.98. The van der Waals surface area contributed by atoms with E-state index < -0.39 is 5.92 Å². The van der Waals surface area contributed by atoms with E-state index in [0.717, 1.165) is 12.1 Å². The number of hydrogen-bond acceptors (Lipinski definition) is 2. The third kappa shape index (κ3) is 3.45. The van der Waals surface area contributed by atoms with Crippen molar-refractivity contribution >= 4 is 23.2 Å². The van der Waals surface area contributed by atoms with Crippen molar-refractivity contribution in [3.8, 4) is 0 Å². The highest BCUT2D eigenvalue weighted by molar-refractivity contribution is 6.03. The van der Waals surface area contributed by atoms with E-state index in [-0.39, 0.29) is 24.1 Å². The van der Waals surface area contributed by atoms with Crippen LogP contribution in [0.1, 0.15) is 18.9 Å². The van der Waals surface area contributed by atoms with Crippen LogP contribution in [0, 0.1) is 11.7 Å². The molecule has 2 amide bonds. The minimum absolute atomic E-state index is 0.122. The van der Waals surface area contributed by atoms with Crippen LogP contribution in [0.25, 0.3) is 0 Å². The van der Waals surface area contributed by atoms with Gasteiger partial charge in [-0.1, -0.05) is 19.1 Å². The van der Waals surface area contributed by atoms with Gasteiger partial charge in [-0.25, -0.2) is 4.39 Å². The third-order valence-corrected chi connectivity index (χ3v) is 4.26. The van der Waals surface area contributed by atoms with Gasteiger partial charge in [0.2, 0.25) is 11.8 Å². The number of benzene rings is 2. The number of carbonyl (C=O) groups is 2. The highest BCUT2D eigenvalue weighted by Crippen LogP contribution is 2.26. The van der Waals surface area contributed by atoms with Gasteiger partial charge in [0.15, 0.2) is 0 Å². The van der Waals surface area contributed by atoms with Gasteiger partial charge in [-0.2, -0.15) is 0 Å². The lowest BCUT2D eigenvalue weighted by Crippen LogP contribution is -2.28. The normalized spacial score (nSPS) is 17.2. The largest absolute Gasteiger partial charge is 0.326 e. The van der Waals surface area contributed by atoms with Crippen molar-refractivity contribution < 1.29 is 14.0 Å². The molecule has 0 aliphatic carbocycles. The summed E-state index contributed by atoms with van der Waals surface area (Å²) in [7, 11) is 0. The first-order chi connectivity index (χ1) is 11.6. The average molecular weight is 326 g/mol. The van der Waals surface area contributed by atoms with Gasteiger partial charge in [-0.3, -0.25) is 9.59 Å². The Bertz CT molecular complexity index is 741. The Hall–Kier alpha value is -2.69. The van der Waals surface area contributed by atoms with Crippen LogP contribution in [0.4, 0.5) is 15.8 Å². The summed E-state index contributed by atoms with van der Waals surface area (Å²) >= 11 is 0. The number of hydrogen-bond donors (Lipinski definition) is 1. The molecular formula is C19H19FN2O2. The van der Waals surface area contributed by atoms with Crippen molar-refractivity contribution in [2.24, 2.45) is 5.92 Å². The Morgan fingerprint density at radius 1 is 1.17 bits per heavy atom. The van der Waals surface area contributed by atoms with Gasteiger partial charge in [0.05, 0.1) is 5.92 Å². The first kappa shape index (κ1) is 16.2. The highest BCUT2D eigenvalue weighted by atomic mass is 19.1. The molecule has 0 spiro atoms. The zero-order chi connectivity index (χ0) is 17.1. The minimum atomic E-state index is -0.409. The van der Waals surface area contributed by atoms with E-state index in [0.29, 0.717) is 12.2 Å². The quantitative estimate of drug-likeness (QED) is 0.936. The molecule has 1 fully saturated rings. The molecule has 2 aromatic rings. The van der Waals surface area contributed by atoms with Crippen molar-refractivity contribution in [3.63, 3.8) is 0 Å². The first-order valence-electron chi connectivity index (χ1n) is 8.02. The fraction of sp³-hybridized carbons (Fsp3) is 0.263. The van der Waals surface area contributed by atoms with Crippen LogP contribution in [0.3, 0.4) is 0 Å². The van der Waals surface area contributed by atoms with Gasteiger partial charge in [-0.05, 0) is 48.4 Å². The van der Waals surface area contributed by atoms with Crippen molar-refractivity contribution in [2.75, 3.05) is 16.8 Å². The topological polar surface area (TPSA) is 49.4 Å². The smallest absolute Gasteiger partial charge is 0.229 e. The van der Waals surface area contributed by atoms with E-state index in [1.807, 2.05) is 24.3 Å². The summed E-state index contributed by atoms with van der Waals surface area (Å²) in [6.45, 7) is 2.38. The zero-order valence-electron chi connectivity index (χ0n) is 13.5. The van der Waals surface area contributed by atoms with E-state index in [1.54, 1.807) is 12.1 Å². The molecule has 0 radical (unpaired) electrons. The summed E-state index contributed by atoms with van der Waals surface area (Å²) in [4.78, 5) is 26.1. The van der Waals surface area contributed by atoms with Crippen molar-refractivity contribution in [2.45, 2.75) is 19.8 Å². The molecule has 1 atom stereocenters. The molecule has 1 aliphatic rings. The number of aryl methyl sites for hydroxylation is 1. The lowest BCUT2D eigenvalue weighted by molar-refractivity contribution is -0.122. The molecule has 0 aromatic heterocycles. The number of amides is 2. The lowest BCUT2D eigenvalue weighted by Gasteiger charge is -2.16. The van der Waals surface area contributed by atoms with Gasteiger partial charge < -0.3 is 10.2 Å². The SMILES string of the molecule is CCc1ccc(NC(=O)[C@H]2CC(=O)N(c3ccc(F)cc3)C2)cc1. The standard InChI is InChI=1S/C19H19FN2O2/c1-2-13-3-7-16(8-4-13)21-19(24)14-11-18(23)22(12-14)17-9-5-15(20)6-10-17/h3-10,14H,2,11-12H2,1H3,(H,21,24)/t14-/m0/s1. The fourth-order valence-corrected chi connectivity index (χ4v) is 2.82. The molecule has 3 rings (SSSR count). The second kappa shape index (κ2) is 6.83. The number of nitrogens with one attached hydrogen (secondary N) is 1. The van der Waals surface area contributed by atoms with E-state index >= 15 is 0 Å². The van der Waals surface area contributed by atoms with Crippen LogP contribution in [0.5, 0.6) is 0 Å². The molecule has 24 heavy (non-hydrogen) atoms. The molecule has 0 saturated carbocycles. The molecule has 5 heteroatoms. The second-order valence-corrected chi connectivity index (χ2v) is 5.92.